The van der Waals surface area contributed by atoms with Crippen LogP contribution in [0.2, 0.25) is 0 Å². The van der Waals surface area contributed by atoms with Gasteiger partial charge < -0.3 is 20.7 Å². The second kappa shape index (κ2) is 9.15. The van der Waals surface area contributed by atoms with E-state index in [0.717, 1.165) is 17.7 Å². The van der Waals surface area contributed by atoms with E-state index in [9.17, 15) is 9.59 Å². The molecule has 0 aliphatic heterocycles. The van der Waals surface area contributed by atoms with E-state index >= 15 is 0 Å². The summed E-state index contributed by atoms with van der Waals surface area (Å²) in [5, 5.41) is 8.23. The molecule has 1 rings (SSSR count). The average molecular weight is 335 g/mol. The molecule has 0 unspecified atom stereocenters. The molecule has 1 aromatic carbocycles. The molecular formula is C18H29N3O3. The van der Waals surface area contributed by atoms with Crippen molar-refractivity contribution in [2.75, 3.05) is 13.7 Å². The first-order chi connectivity index (χ1) is 11.3. The number of amides is 3. The highest BCUT2D eigenvalue weighted by molar-refractivity contribution is 5.87. The predicted octanol–water partition coefficient (Wildman–Crippen LogP) is 2.53. The lowest BCUT2D eigenvalue weighted by Gasteiger charge is -2.28. The summed E-state index contributed by atoms with van der Waals surface area (Å²) in [6, 6.07) is 6.71. The summed E-state index contributed by atoms with van der Waals surface area (Å²) < 4.78 is 5.43. The SMILES string of the molecule is CCC[C@H](NC(=O)NC(C)(C)c1ccc(OCC)cc1)C(=O)NC. The number of hydrogen-bond donors (Lipinski definition) is 3. The summed E-state index contributed by atoms with van der Waals surface area (Å²) >= 11 is 0. The molecule has 0 bridgehead atoms. The highest BCUT2D eigenvalue weighted by Gasteiger charge is 2.25. The molecule has 24 heavy (non-hydrogen) atoms. The third kappa shape index (κ3) is 5.76. The van der Waals surface area contributed by atoms with Gasteiger partial charge in [-0.3, -0.25) is 4.79 Å². The minimum absolute atomic E-state index is 0.189. The summed E-state index contributed by atoms with van der Waals surface area (Å²) in [6.45, 7) is 8.35. The molecule has 0 saturated heterocycles. The Balaban J connectivity index is 2.73. The molecule has 0 fully saturated rings. The number of nitrogens with one attached hydrogen (secondary N) is 3. The molecule has 0 heterocycles. The zero-order valence-corrected chi connectivity index (χ0v) is 15.2. The molecule has 3 amide bonds. The predicted molar refractivity (Wildman–Crippen MR) is 95.1 cm³/mol. The van der Waals surface area contributed by atoms with Crippen LogP contribution < -0.4 is 20.7 Å². The third-order valence-corrected chi connectivity index (χ3v) is 3.76. The number of likely N-dealkylation sites (N-methyl/N-ethyl adjacent to an activating group) is 1. The molecule has 0 spiro atoms. The van der Waals surface area contributed by atoms with E-state index < -0.39 is 11.6 Å². The van der Waals surface area contributed by atoms with Crippen molar-refractivity contribution in [3.8, 4) is 5.75 Å². The van der Waals surface area contributed by atoms with Gasteiger partial charge in [0.2, 0.25) is 5.91 Å². The van der Waals surface area contributed by atoms with Crippen molar-refractivity contribution in [2.24, 2.45) is 0 Å². The number of carbonyl (C=O) groups is 2. The van der Waals surface area contributed by atoms with E-state index in [-0.39, 0.29) is 11.9 Å². The molecule has 6 heteroatoms. The van der Waals surface area contributed by atoms with E-state index in [1.807, 2.05) is 52.0 Å². The van der Waals surface area contributed by atoms with E-state index in [2.05, 4.69) is 16.0 Å². The van der Waals surface area contributed by atoms with Crippen LogP contribution in [0.3, 0.4) is 0 Å². The molecule has 0 aromatic heterocycles. The van der Waals surface area contributed by atoms with Crippen molar-refractivity contribution in [2.45, 2.75) is 52.1 Å². The van der Waals surface area contributed by atoms with E-state index in [1.54, 1.807) is 7.05 Å². The van der Waals surface area contributed by atoms with Gasteiger partial charge >= 0.3 is 6.03 Å². The van der Waals surface area contributed by atoms with Crippen LogP contribution in [0, 0.1) is 0 Å². The first kappa shape index (κ1) is 19.8. The van der Waals surface area contributed by atoms with Gasteiger partial charge in [0.15, 0.2) is 0 Å². The largest absolute Gasteiger partial charge is 0.494 e. The Morgan fingerprint density at radius 1 is 1.17 bits per heavy atom. The molecule has 0 saturated carbocycles. The molecule has 134 valence electrons. The van der Waals surface area contributed by atoms with Gasteiger partial charge in [0.25, 0.3) is 0 Å². The lowest BCUT2D eigenvalue weighted by Crippen LogP contribution is -2.53. The summed E-state index contributed by atoms with van der Waals surface area (Å²) in [7, 11) is 1.56. The Bertz CT molecular complexity index is 541. The number of urea groups is 1. The van der Waals surface area contributed by atoms with E-state index in [0.29, 0.717) is 13.0 Å². The van der Waals surface area contributed by atoms with Gasteiger partial charge in [-0.05, 0) is 44.9 Å². The smallest absolute Gasteiger partial charge is 0.316 e. The van der Waals surface area contributed by atoms with Crippen LogP contribution in [0.25, 0.3) is 0 Å². The van der Waals surface area contributed by atoms with Gasteiger partial charge in [0, 0.05) is 7.05 Å². The van der Waals surface area contributed by atoms with Gasteiger partial charge in [0.05, 0.1) is 12.1 Å². The zero-order chi connectivity index (χ0) is 18.2. The van der Waals surface area contributed by atoms with Crippen LogP contribution in [0.4, 0.5) is 4.79 Å². The quantitative estimate of drug-likeness (QED) is 0.683. The number of benzene rings is 1. The molecular weight excluding hydrogens is 306 g/mol. The first-order valence-electron chi connectivity index (χ1n) is 8.37. The normalized spacial score (nSPS) is 12.2. The number of hydrogen-bond acceptors (Lipinski definition) is 3. The fourth-order valence-electron chi connectivity index (χ4n) is 2.42. The monoisotopic (exact) mass is 335 g/mol. The molecule has 0 radical (unpaired) electrons. The Kier molecular flexibility index (Phi) is 7.55. The second-order valence-electron chi connectivity index (χ2n) is 6.14. The van der Waals surface area contributed by atoms with Gasteiger partial charge in [-0.2, -0.15) is 0 Å². The maximum absolute atomic E-state index is 12.3. The maximum atomic E-state index is 12.3. The van der Waals surface area contributed by atoms with Crippen LogP contribution >= 0.6 is 0 Å². The Hall–Kier alpha value is -2.24. The molecule has 0 aliphatic carbocycles. The molecule has 1 atom stereocenters. The Morgan fingerprint density at radius 3 is 2.29 bits per heavy atom. The van der Waals surface area contributed by atoms with Gasteiger partial charge in [-0.25, -0.2) is 4.79 Å². The summed E-state index contributed by atoms with van der Waals surface area (Å²) in [5.74, 6) is 0.606. The lowest BCUT2D eigenvalue weighted by atomic mass is 9.94. The van der Waals surface area contributed by atoms with Crippen LogP contribution in [-0.2, 0) is 10.3 Å². The number of carbonyl (C=O) groups excluding carboxylic acids is 2. The van der Waals surface area contributed by atoms with Crippen molar-refractivity contribution in [1.29, 1.82) is 0 Å². The summed E-state index contributed by atoms with van der Waals surface area (Å²) in [5.41, 5.74) is 0.377. The van der Waals surface area contributed by atoms with Crippen molar-refractivity contribution < 1.29 is 14.3 Å². The van der Waals surface area contributed by atoms with Gasteiger partial charge in [0.1, 0.15) is 11.8 Å². The molecule has 0 aliphatic rings. The van der Waals surface area contributed by atoms with Crippen molar-refractivity contribution >= 4 is 11.9 Å². The highest BCUT2D eigenvalue weighted by atomic mass is 16.5. The molecule has 1 aromatic rings. The fraction of sp³-hybridized carbons (Fsp3) is 0.556. The number of rotatable bonds is 8. The first-order valence-corrected chi connectivity index (χ1v) is 8.37. The molecule has 3 N–H and O–H groups in total. The van der Waals surface area contributed by atoms with Gasteiger partial charge in [-0.1, -0.05) is 25.5 Å². The fourth-order valence-corrected chi connectivity index (χ4v) is 2.42. The minimum Gasteiger partial charge on any atom is -0.494 e. The number of ether oxygens (including phenoxy) is 1. The van der Waals surface area contributed by atoms with Crippen molar-refractivity contribution in [3.63, 3.8) is 0 Å². The zero-order valence-electron chi connectivity index (χ0n) is 15.2. The topological polar surface area (TPSA) is 79.5 Å². The summed E-state index contributed by atoms with van der Waals surface area (Å²) in [4.78, 5) is 24.1. The Labute approximate surface area is 144 Å². The van der Waals surface area contributed by atoms with Crippen LogP contribution in [0.15, 0.2) is 24.3 Å². The van der Waals surface area contributed by atoms with Crippen LogP contribution in [-0.4, -0.2) is 31.6 Å². The van der Waals surface area contributed by atoms with Crippen molar-refractivity contribution in [3.05, 3.63) is 29.8 Å². The standard InChI is InChI=1S/C18H29N3O3/c1-6-8-15(16(22)19-5)20-17(23)21-18(3,4)13-9-11-14(12-10-13)24-7-2/h9-12,15H,6-8H2,1-5H3,(H,19,22)(H2,20,21,23)/t15-/m0/s1. The van der Waals surface area contributed by atoms with E-state index in [1.165, 1.54) is 0 Å². The molecule has 6 nitrogen and oxygen atoms in total. The van der Waals surface area contributed by atoms with Crippen LogP contribution in [0.1, 0.15) is 46.1 Å². The van der Waals surface area contributed by atoms with E-state index in [4.69, 9.17) is 4.74 Å². The minimum atomic E-state index is -0.575. The maximum Gasteiger partial charge on any atom is 0.316 e. The van der Waals surface area contributed by atoms with Crippen molar-refractivity contribution in [1.82, 2.24) is 16.0 Å². The Morgan fingerprint density at radius 2 is 1.79 bits per heavy atom. The lowest BCUT2D eigenvalue weighted by molar-refractivity contribution is -0.122. The average Bonchev–Trinajstić information content (AvgIpc) is 2.54. The van der Waals surface area contributed by atoms with Crippen LogP contribution in [0.5, 0.6) is 5.75 Å². The highest BCUT2D eigenvalue weighted by Crippen LogP contribution is 2.22. The third-order valence-electron chi connectivity index (χ3n) is 3.76. The summed E-state index contributed by atoms with van der Waals surface area (Å²) in [6.07, 6.45) is 1.40. The second-order valence-corrected chi connectivity index (χ2v) is 6.14. The van der Waals surface area contributed by atoms with Gasteiger partial charge in [-0.15, -0.1) is 0 Å².